The van der Waals surface area contributed by atoms with Crippen LogP contribution in [0.2, 0.25) is 0 Å². The molecule has 0 aromatic carbocycles. The van der Waals surface area contributed by atoms with Gasteiger partial charge in [-0.1, -0.05) is 412 Å². The maximum absolute atomic E-state index is 13.2. The molecule has 6 atom stereocenters. The second kappa shape index (κ2) is 82.1. The Hall–Kier alpha value is -2.46. The first-order chi connectivity index (χ1) is 53.1. The highest BCUT2D eigenvalue weighted by molar-refractivity contribution is 7.47. The first kappa shape index (κ1) is 107. The van der Waals surface area contributed by atoms with Gasteiger partial charge in [-0.25, -0.2) is 9.13 Å². The number of phosphoric ester groups is 2. The van der Waals surface area contributed by atoms with Crippen LogP contribution in [0.3, 0.4) is 0 Å². The van der Waals surface area contributed by atoms with E-state index in [1.807, 2.05) is 0 Å². The Morgan fingerprint density at radius 3 is 0.780 bits per heavy atom. The Labute approximate surface area is 669 Å². The summed E-state index contributed by atoms with van der Waals surface area (Å²) in [5, 5.41) is 10.7. The molecule has 0 fully saturated rings. The van der Waals surface area contributed by atoms with Crippen LogP contribution in [0.5, 0.6) is 0 Å². The van der Waals surface area contributed by atoms with Gasteiger partial charge in [-0.3, -0.25) is 37.3 Å². The molecule has 3 N–H and O–H groups in total. The molecule has 644 valence electrons. The lowest BCUT2D eigenvalue weighted by Gasteiger charge is -2.21. The minimum Gasteiger partial charge on any atom is -0.462 e. The van der Waals surface area contributed by atoms with Crippen LogP contribution in [0.25, 0.3) is 0 Å². The summed E-state index contributed by atoms with van der Waals surface area (Å²) in [6, 6.07) is 0. The second-order valence-corrected chi connectivity index (χ2v) is 34.8. The molecule has 3 unspecified atom stereocenters. The maximum Gasteiger partial charge on any atom is 0.472 e. The van der Waals surface area contributed by atoms with Gasteiger partial charge in [0.2, 0.25) is 0 Å². The molecule has 0 aliphatic carbocycles. The number of allylic oxidation sites excluding steroid dienone is 4. The second-order valence-electron chi connectivity index (χ2n) is 31.9. The summed E-state index contributed by atoms with van der Waals surface area (Å²) in [4.78, 5) is 73.3. The molecule has 0 spiro atoms. The van der Waals surface area contributed by atoms with Crippen molar-refractivity contribution in [1.29, 1.82) is 0 Å². The zero-order valence-corrected chi connectivity index (χ0v) is 73.0. The molecule has 0 saturated carbocycles. The summed E-state index contributed by atoms with van der Waals surface area (Å²) in [5.74, 6) is -1.26. The van der Waals surface area contributed by atoms with Crippen molar-refractivity contribution in [2.45, 2.75) is 483 Å². The Balaban J connectivity index is 5.23. The van der Waals surface area contributed by atoms with Gasteiger partial charge in [0.15, 0.2) is 12.2 Å². The summed E-state index contributed by atoms with van der Waals surface area (Å²) in [5.41, 5.74) is 0. The number of hydrogen-bond donors (Lipinski definition) is 3. The molecule has 0 amide bonds. The van der Waals surface area contributed by atoms with Gasteiger partial charge in [0, 0.05) is 25.7 Å². The van der Waals surface area contributed by atoms with Crippen molar-refractivity contribution in [3.8, 4) is 0 Å². The van der Waals surface area contributed by atoms with Gasteiger partial charge >= 0.3 is 39.5 Å². The number of hydrogen-bond acceptors (Lipinski definition) is 15. The molecule has 0 aliphatic rings. The van der Waals surface area contributed by atoms with Gasteiger partial charge in [-0.2, -0.15) is 0 Å². The smallest absolute Gasteiger partial charge is 0.462 e. The van der Waals surface area contributed by atoms with Crippen LogP contribution < -0.4 is 0 Å². The van der Waals surface area contributed by atoms with Crippen LogP contribution in [-0.4, -0.2) is 96.7 Å². The van der Waals surface area contributed by atoms with E-state index in [4.69, 9.17) is 37.0 Å². The number of aliphatic hydroxyl groups is 1. The molecule has 0 bridgehead atoms. The fraction of sp³-hybridized carbons (Fsp3) is 0.911. The summed E-state index contributed by atoms with van der Waals surface area (Å²) >= 11 is 0. The van der Waals surface area contributed by atoms with Crippen molar-refractivity contribution in [1.82, 2.24) is 0 Å². The molecule has 0 heterocycles. The fourth-order valence-corrected chi connectivity index (χ4v) is 15.2. The van der Waals surface area contributed by atoms with E-state index >= 15 is 0 Å². The summed E-state index contributed by atoms with van der Waals surface area (Å²) in [6.45, 7) is 7.37. The lowest BCUT2D eigenvalue weighted by atomic mass is 9.99. The maximum atomic E-state index is 13.2. The largest absolute Gasteiger partial charge is 0.472 e. The van der Waals surface area contributed by atoms with E-state index < -0.39 is 97.5 Å². The number of rotatable bonds is 88. The minimum atomic E-state index is -4.97. The Bertz CT molecular complexity index is 2160. The van der Waals surface area contributed by atoms with Gasteiger partial charge in [0.25, 0.3) is 0 Å². The first-order valence-corrected chi connectivity index (χ1v) is 49.0. The lowest BCUT2D eigenvalue weighted by Crippen LogP contribution is -2.30. The number of carbonyl (C=O) groups is 4. The van der Waals surface area contributed by atoms with Crippen molar-refractivity contribution in [3.05, 3.63) is 24.3 Å². The van der Waals surface area contributed by atoms with Crippen LogP contribution in [0.1, 0.15) is 465 Å². The number of esters is 4. The van der Waals surface area contributed by atoms with Crippen molar-refractivity contribution >= 4 is 39.5 Å². The molecule has 0 aliphatic heterocycles. The average molecular weight is 1590 g/mol. The molecule has 0 saturated heterocycles. The third-order valence-electron chi connectivity index (χ3n) is 21.0. The van der Waals surface area contributed by atoms with E-state index in [1.54, 1.807) is 0 Å². The summed E-state index contributed by atoms with van der Waals surface area (Å²) in [7, 11) is -9.94. The van der Waals surface area contributed by atoms with Crippen LogP contribution in [0.4, 0.5) is 0 Å². The number of unbranched alkanes of at least 4 members (excludes halogenated alkanes) is 56. The van der Waals surface area contributed by atoms with Crippen molar-refractivity contribution < 1.29 is 80.2 Å². The molecule has 17 nitrogen and oxygen atoms in total. The zero-order chi connectivity index (χ0) is 79.7. The number of phosphoric acid groups is 2. The van der Waals surface area contributed by atoms with E-state index in [9.17, 15) is 43.2 Å². The fourth-order valence-electron chi connectivity index (χ4n) is 13.6. The Kier molecular flexibility index (Phi) is 80.2. The van der Waals surface area contributed by atoms with Gasteiger partial charge < -0.3 is 33.8 Å². The van der Waals surface area contributed by atoms with Crippen molar-refractivity contribution in [2.24, 2.45) is 5.92 Å². The third kappa shape index (κ3) is 81.9. The van der Waals surface area contributed by atoms with Crippen LogP contribution in [0.15, 0.2) is 24.3 Å². The van der Waals surface area contributed by atoms with E-state index in [1.165, 1.54) is 276 Å². The van der Waals surface area contributed by atoms with E-state index in [2.05, 4.69) is 58.9 Å². The normalized spacial score (nSPS) is 14.1. The monoisotopic (exact) mass is 1590 g/mol. The van der Waals surface area contributed by atoms with E-state index in [-0.39, 0.29) is 25.7 Å². The topological polar surface area (TPSA) is 237 Å². The van der Waals surface area contributed by atoms with Gasteiger partial charge in [-0.15, -0.1) is 0 Å². The Morgan fingerprint density at radius 1 is 0.294 bits per heavy atom. The molecule has 0 aromatic heterocycles. The van der Waals surface area contributed by atoms with Gasteiger partial charge in [0.1, 0.15) is 19.3 Å². The molecule has 109 heavy (non-hydrogen) atoms. The standard InChI is InChI=1S/C90H172O17P2/c1-6-10-13-16-19-22-25-27-29-30-31-32-33-34-38-42-45-49-54-59-64-69-74-88(93)101-80-86(107-90(95)76-71-66-61-56-51-47-43-39-36-35-37-41-44-48-52-57-62-67-72-83(5)9-4)82-105-109(98,99)103-78-84(91)77-102-108(96,97)104-81-85(79-100-87(92)73-68-63-58-53-24-21-18-15-12-8-3)106-89(94)75-70-65-60-55-50-46-40-28-26-23-20-17-14-11-7-2/h23,26,28,40,83-86,91H,6-22,24-25,27,29-39,41-82H2,1-5H3,(H,96,97)(H,98,99)/b26-23-,40-28-/t83?,84-,85+,86+/m0/s1. The zero-order valence-electron chi connectivity index (χ0n) is 71.2. The van der Waals surface area contributed by atoms with Crippen LogP contribution in [-0.2, 0) is 65.4 Å². The quantitative estimate of drug-likeness (QED) is 0.0169. The predicted octanol–water partition coefficient (Wildman–Crippen LogP) is 27.5. The van der Waals surface area contributed by atoms with Crippen LogP contribution >= 0.6 is 15.6 Å². The van der Waals surface area contributed by atoms with Crippen molar-refractivity contribution in [3.63, 3.8) is 0 Å². The SMILES string of the molecule is CCCCCC/C=C\C=C/CCCCCCCC(=O)O[C@H](COC(=O)CCCCCCCCCCCC)COP(=O)(O)OC[C@H](O)COP(=O)(O)OC[C@@H](COC(=O)CCCCCCCCCCCCCCCCCCCCCCCC)OC(=O)CCCCCCCCCCCCCCCCCCCCC(C)CC. The number of carbonyl (C=O) groups excluding carboxylic acids is 4. The predicted molar refractivity (Wildman–Crippen MR) is 451 cm³/mol. The van der Waals surface area contributed by atoms with E-state index in [0.29, 0.717) is 25.7 Å². The number of ether oxygens (including phenoxy) is 4. The highest BCUT2D eigenvalue weighted by Gasteiger charge is 2.30. The van der Waals surface area contributed by atoms with Crippen molar-refractivity contribution in [2.75, 3.05) is 39.6 Å². The Morgan fingerprint density at radius 2 is 0.514 bits per heavy atom. The molecule has 0 aromatic rings. The molecular weight excluding hydrogens is 1410 g/mol. The van der Waals surface area contributed by atoms with Gasteiger partial charge in [0.05, 0.1) is 26.4 Å². The number of aliphatic hydroxyl groups excluding tert-OH is 1. The first-order valence-electron chi connectivity index (χ1n) is 46.0. The van der Waals surface area contributed by atoms with Crippen LogP contribution in [0, 0.1) is 5.92 Å². The molecule has 0 radical (unpaired) electrons. The third-order valence-corrected chi connectivity index (χ3v) is 22.9. The van der Waals surface area contributed by atoms with E-state index in [0.717, 1.165) is 109 Å². The van der Waals surface area contributed by atoms with Gasteiger partial charge in [-0.05, 0) is 57.3 Å². The summed E-state index contributed by atoms with van der Waals surface area (Å²) in [6.07, 6.45) is 80.1. The molecule has 0 rings (SSSR count). The highest BCUT2D eigenvalue weighted by Crippen LogP contribution is 2.45. The highest BCUT2D eigenvalue weighted by atomic mass is 31.2. The summed E-state index contributed by atoms with van der Waals surface area (Å²) < 4.78 is 68.9. The lowest BCUT2D eigenvalue weighted by molar-refractivity contribution is -0.161. The molecular formula is C90H172O17P2. The average Bonchev–Trinajstić information content (AvgIpc) is 0.898. The minimum absolute atomic E-state index is 0.0857. The molecule has 19 heteroatoms.